The highest BCUT2D eigenvalue weighted by Gasteiger charge is 2.47. The number of fused-ring (bicyclic) bond motifs is 1. The largest absolute Gasteiger partial charge is 0.396 e. The molecule has 1 N–H and O–H groups in total. The van der Waals surface area contributed by atoms with Crippen LogP contribution in [0.25, 0.3) is 0 Å². The van der Waals surface area contributed by atoms with Crippen molar-refractivity contribution in [1.29, 1.82) is 0 Å². The van der Waals surface area contributed by atoms with Crippen LogP contribution in [0.1, 0.15) is 36.4 Å². The lowest BCUT2D eigenvalue weighted by Crippen LogP contribution is -2.48. The Kier molecular flexibility index (Phi) is 2.72. The minimum atomic E-state index is 0.130. The van der Waals surface area contributed by atoms with Crippen LogP contribution >= 0.6 is 0 Å². The zero-order valence-electron chi connectivity index (χ0n) is 10.5. The number of aliphatic hydroxyl groups excluding tert-OH is 1. The third-order valence-corrected chi connectivity index (χ3v) is 4.77. The van der Waals surface area contributed by atoms with Gasteiger partial charge in [0.25, 0.3) is 0 Å². The van der Waals surface area contributed by atoms with E-state index < -0.39 is 0 Å². The lowest BCUT2D eigenvalue weighted by molar-refractivity contribution is -0.0421. The second-order valence-corrected chi connectivity index (χ2v) is 5.71. The van der Waals surface area contributed by atoms with Crippen molar-refractivity contribution in [2.45, 2.75) is 31.7 Å². The topological polar surface area (TPSA) is 23.5 Å². The number of hydrogen-bond donors (Lipinski definition) is 1. The van der Waals surface area contributed by atoms with Gasteiger partial charge in [0.1, 0.15) is 0 Å². The Balaban J connectivity index is 2.03. The number of nitrogens with zero attached hydrogens (tertiary/aromatic N) is 1. The molecule has 1 aromatic carbocycles. The third kappa shape index (κ3) is 1.62. The molecule has 2 nitrogen and oxygen atoms in total. The quantitative estimate of drug-likeness (QED) is 0.844. The molecule has 92 valence electrons. The monoisotopic (exact) mass is 231 g/mol. The van der Waals surface area contributed by atoms with Crippen molar-refractivity contribution in [2.24, 2.45) is 5.41 Å². The molecular weight excluding hydrogens is 210 g/mol. The van der Waals surface area contributed by atoms with Gasteiger partial charge in [-0.15, -0.1) is 0 Å². The van der Waals surface area contributed by atoms with Crippen LogP contribution in [-0.2, 0) is 6.42 Å². The molecule has 1 fully saturated rings. The second kappa shape index (κ2) is 4.11. The lowest BCUT2D eigenvalue weighted by atomic mass is 9.61. The van der Waals surface area contributed by atoms with Crippen molar-refractivity contribution < 1.29 is 5.11 Å². The Morgan fingerprint density at radius 3 is 2.76 bits per heavy atom. The Hall–Kier alpha value is -0.860. The molecule has 2 heteroatoms. The number of rotatable bonds is 2. The molecular formula is C15H21NO. The highest BCUT2D eigenvalue weighted by Crippen LogP contribution is 2.53. The molecule has 1 heterocycles. The fourth-order valence-electron chi connectivity index (χ4n) is 3.64. The van der Waals surface area contributed by atoms with E-state index in [1.165, 1.54) is 30.4 Å². The Morgan fingerprint density at radius 2 is 2.12 bits per heavy atom. The molecule has 1 aromatic rings. The first-order valence-electron chi connectivity index (χ1n) is 6.66. The summed E-state index contributed by atoms with van der Waals surface area (Å²) in [5.41, 5.74) is 3.07. The summed E-state index contributed by atoms with van der Waals surface area (Å²) in [5.74, 6) is 0. The minimum absolute atomic E-state index is 0.130. The smallest absolute Gasteiger partial charge is 0.0505 e. The number of aliphatic hydroxyl groups is 1. The van der Waals surface area contributed by atoms with Crippen LogP contribution in [0, 0.1) is 5.41 Å². The van der Waals surface area contributed by atoms with Crippen LogP contribution in [0.3, 0.4) is 0 Å². The van der Waals surface area contributed by atoms with Crippen LogP contribution in [0.4, 0.5) is 0 Å². The van der Waals surface area contributed by atoms with Crippen LogP contribution in [-0.4, -0.2) is 30.2 Å². The first kappa shape index (κ1) is 11.2. The Morgan fingerprint density at radius 1 is 1.35 bits per heavy atom. The Bertz CT molecular complexity index is 406. The molecule has 0 spiro atoms. The standard InChI is InChI=1S/C15H21NO/c1-16-10-7-12-5-2-3-6-13(12)14(16)15(11-17)8-4-9-15/h2-3,5-6,14,17H,4,7-11H2,1H3. The normalized spacial score (nSPS) is 27.3. The molecule has 2 aliphatic rings. The molecule has 17 heavy (non-hydrogen) atoms. The van der Waals surface area contributed by atoms with Crippen LogP contribution in [0.5, 0.6) is 0 Å². The van der Waals surface area contributed by atoms with Crippen molar-refractivity contribution in [3.05, 3.63) is 35.4 Å². The maximum absolute atomic E-state index is 9.81. The fraction of sp³-hybridized carbons (Fsp3) is 0.600. The van der Waals surface area contributed by atoms with E-state index in [0.717, 1.165) is 13.0 Å². The molecule has 1 atom stereocenters. The molecule has 1 unspecified atom stereocenters. The predicted molar refractivity (Wildman–Crippen MR) is 68.9 cm³/mol. The van der Waals surface area contributed by atoms with Gasteiger partial charge in [-0.25, -0.2) is 0 Å². The molecule has 1 aliphatic carbocycles. The predicted octanol–water partition coefficient (Wildman–Crippen LogP) is 2.38. The van der Waals surface area contributed by atoms with E-state index in [-0.39, 0.29) is 5.41 Å². The molecule has 0 amide bonds. The summed E-state index contributed by atoms with van der Waals surface area (Å²) >= 11 is 0. The zero-order chi connectivity index (χ0) is 11.9. The fourth-order valence-corrected chi connectivity index (χ4v) is 3.64. The number of likely N-dealkylation sites (N-methyl/N-ethyl adjacent to an activating group) is 1. The average molecular weight is 231 g/mol. The van der Waals surface area contributed by atoms with Crippen molar-refractivity contribution >= 4 is 0 Å². The van der Waals surface area contributed by atoms with Crippen molar-refractivity contribution in [1.82, 2.24) is 4.90 Å². The van der Waals surface area contributed by atoms with Crippen LogP contribution < -0.4 is 0 Å². The van der Waals surface area contributed by atoms with E-state index >= 15 is 0 Å². The van der Waals surface area contributed by atoms with E-state index in [1.54, 1.807) is 0 Å². The maximum Gasteiger partial charge on any atom is 0.0505 e. The van der Waals surface area contributed by atoms with Crippen molar-refractivity contribution in [3.8, 4) is 0 Å². The van der Waals surface area contributed by atoms with Gasteiger partial charge in [-0.3, -0.25) is 4.90 Å². The van der Waals surface area contributed by atoms with Crippen LogP contribution in [0.15, 0.2) is 24.3 Å². The summed E-state index contributed by atoms with van der Waals surface area (Å²) in [4.78, 5) is 2.44. The van der Waals surface area contributed by atoms with Crippen LogP contribution in [0.2, 0.25) is 0 Å². The summed E-state index contributed by atoms with van der Waals surface area (Å²) in [5, 5.41) is 9.81. The van der Waals surface area contributed by atoms with Gasteiger partial charge in [0.2, 0.25) is 0 Å². The lowest BCUT2D eigenvalue weighted by Gasteiger charge is -2.52. The molecule has 0 radical (unpaired) electrons. The highest BCUT2D eigenvalue weighted by molar-refractivity contribution is 5.34. The van der Waals surface area contributed by atoms with Gasteiger partial charge < -0.3 is 5.11 Å². The molecule has 3 rings (SSSR count). The van der Waals surface area contributed by atoms with E-state index in [2.05, 4.69) is 36.2 Å². The SMILES string of the molecule is CN1CCc2ccccc2C1C1(CO)CCC1. The van der Waals surface area contributed by atoms with Crippen molar-refractivity contribution in [3.63, 3.8) is 0 Å². The number of benzene rings is 1. The average Bonchev–Trinajstić information content (AvgIpc) is 2.31. The molecule has 0 bridgehead atoms. The summed E-state index contributed by atoms with van der Waals surface area (Å²) in [6.45, 7) is 1.44. The van der Waals surface area contributed by atoms with Gasteiger partial charge in [0, 0.05) is 18.0 Å². The second-order valence-electron chi connectivity index (χ2n) is 5.71. The summed E-state index contributed by atoms with van der Waals surface area (Å²) < 4.78 is 0. The highest BCUT2D eigenvalue weighted by atomic mass is 16.3. The molecule has 1 aliphatic heterocycles. The van der Waals surface area contributed by atoms with Gasteiger partial charge >= 0.3 is 0 Å². The van der Waals surface area contributed by atoms with E-state index in [1.807, 2.05) is 0 Å². The van der Waals surface area contributed by atoms with Crippen molar-refractivity contribution in [2.75, 3.05) is 20.2 Å². The van der Waals surface area contributed by atoms with Gasteiger partial charge in [-0.05, 0) is 37.4 Å². The summed E-state index contributed by atoms with van der Waals surface area (Å²) in [7, 11) is 2.20. The van der Waals surface area contributed by atoms with E-state index in [4.69, 9.17) is 0 Å². The van der Waals surface area contributed by atoms with Gasteiger partial charge in [-0.1, -0.05) is 30.7 Å². The van der Waals surface area contributed by atoms with Gasteiger partial charge in [0.05, 0.1) is 6.61 Å². The summed E-state index contributed by atoms with van der Waals surface area (Å²) in [6, 6.07) is 9.19. The van der Waals surface area contributed by atoms with Gasteiger partial charge in [0.15, 0.2) is 0 Å². The minimum Gasteiger partial charge on any atom is -0.396 e. The molecule has 0 aromatic heterocycles. The van der Waals surface area contributed by atoms with E-state index in [0.29, 0.717) is 12.6 Å². The number of hydrogen-bond acceptors (Lipinski definition) is 2. The van der Waals surface area contributed by atoms with Gasteiger partial charge in [-0.2, -0.15) is 0 Å². The summed E-state index contributed by atoms with van der Waals surface area (Å²) in [6.07, 6.45) is 4.76. The first-order valence-corrected chi connectivity index (χ1v) is 6.66. The Labute approximate surface area is 103 Å². The van der Waals surface area contributed by atoms with E-state index in [9.17, 15) is 5.11 Å². The molecule has 1 saturated carbocycles. The maximum atomic E-state index is 9.81. The zero-order valence-corrected chi connectivity index (χ0v) is 10.5. The third-order valence-electron chi connectivity index (χ3n) is 4.77. The first-order chi connectivity index (χ1) is 8.27. The molecule has 0 saturated heterocycles.